The molecule has 0 saturated carbocycles. The Balaban J connectivity index is 1.50. The van der Waals surface area contributed by atoms with E-state index in [9.17, 15) is 18.8 Å². The van der Waals surface area contributed by atoms with Gasteiger partial charge in [0, 0.05) is 22.6 Å². The Bertz CT molecular complexity index is 1550. The van der Waals surface area contributed by atoms with E-state index in [0.29, 0.717) is 27.7 Å². The van der Waals surface area contributed by atoms with Crippen LogP contribution in [-0.2, 0) is 0 Å². The molecular weight excluding hydrogens is 442 g/mol. The summed E-state index contributed by atoms with van der Waals surface area (Å²) >= 11 is 0. The van der Waals surface area contributed by atoms with Crippen LogP contribution in [0, 0.1) is 29.9 Å². The first kappa shape index (κ1) is 21.2. The van der Waals surface area contributed by atoms with Crippen molar-refractivity contribution in [2.24, 2.45) is 5.73 Å². The number of aryl methyl sites for hydroxylation is 1. The van der Waals surface area contributed by atoms with Gasteiger partial charge in [-0.2, -0.15) is 5.26 Å². The molecule has 168 valence electrons. The second-order valence-electron chi connectivity index (χ2n) is 7.77. The quantitative estimate of drug-likeness (QED) is 0.324. The Kier molecular flexibility index (Phi) is 5.02. The maximum absolute atomic E-state index is 13.9. The third-order valence-corrected chi connectivity index (χ3v) is 5.67. The van der Waals surface area contributed by atoms with Gasteiger partial charge in [-0.3, -0.25) is 0 Å². The van der Waals surface area contributed by atoms with Gasteiger partial charge in [0.15, 0.2) is 0 Å². The van der Waals surface area contributed by atoms with E-state index in [1.165, 1.54) is 42.5 Å². The van der Waals surface area contributed by atoms with E-state index in [1.54, 1.807) is 25.1 Å². The minimum Gasteiger partial charge on any atom is -0.449 e. The molecule has 3 aromatic carbocycles. The number of halogens is 2. The number of nitrogens with zero attached hydrogens (tertiary/aromatic N) is 1. The van der Waals surface area contributed by atoms with Crippen LogP contribution in [0.1, 0.15) is 33.2 Å². The highest BCUT2D eigenvalue weighted by Crippen LogP contribution is 2.43. The van der Waals surface area contributed by atoms with E-state index in [-0.39, 0.29) is 28.7 Å². The molecule has 0 fully saturated rings. The molecule has 8 heteroatoms. The summed E-state index contributed by atoms with van der Waals surface area (Å²) < 4.78 is 44.1. The molecule has 2 heterocycles. The summed E-state index contributed by atoms with van der Waals surface area (Å²) in [5, 5.41) is 10.1. The van der Waals surface area contributed by atoms with Gasteiger partial charge in [-0.05, 0) is 48.9 Å². The van der Waals surface area contributed by atoms with Gasteiger partial charge in [0.25, 0.3) is 0 Å². The van der Waals surface area contributed by atoms with Crippen LogP contribution in [0.15, 0.2) is 76.5 Å². The molecule has 1 aromatic heterocycles. The first-order valence-electron chi connectivity index (χ1n) is 10.2. The number of ether oxygens (including phenoxy) is 2. The first-order valence-corrected chi connectivity index (χ1v) is 10.2. The summed E-state index contributed by atoms with van der Waals surface area (Å²) in [6.45, 7) is 1.64. The van der Waals surface area contributed by atoms with Crippen LogP contribution in [0.2, 0.25) is 0 Å². The molecule has 1 aliphatic heterocycles. The number of benzene rings is 3. The Hall–Kier alpha value is -4.64. The Labute approximate surface area is 192 Å². The number of hydrogen-bond donors (Lipinski definition) is 1. The van der Waals surface area contributed by atoms with Crippen molar-refractivity contribution in [3.8, 4) is 17.6 Å². The summed E-state index contributed by atoms with van der Waals surface area (Å²) in [7, 11) is 0. The minimum atomic E-state index is -0.771. The average Bonchev–Trinajstić information content (AvgIpc) is 3.14. The molecule has 1 atom stereocenters. The molecule has 0 radical (unpaired) electrons. The average molecular weight is 458 g/mol. The summed E-state index contributed by atoms with van der Waals surface area (Å²) in [6.07, 6.45) is 0. The molecule has 5 rings (SSSR count). The van der Waals surface area contributed by atoms with Gasteiger partial charge in [-0.1, -0.05) is 18.2 Å². The topological polar surface area (TPSA) is 98.5 Å². The van der Waals surface area contributed by atoms with Gasteiger partial charge < -0.3 is 19.6 Å². The van der Waals surface area contributed by atoms with Crippen LogP contribution < -0.4 is 15.2 Å². The maximum atomic E-state index is 13.9. The molecule has 0 amide bonds. The zero-order valence-corrected chi connectivity index (χ0v) is 17.8. The molecule has 0 saturated heterocycles. The smallest absolute Gasteiger partial charge is 0.379 e. The molecule has 34 heavy (non-hydrogen) atoms. The second-order valence-corrected chi connectivity index (χ2v) is 7.77. The maximum Gasteiger partial charge on any atom is 0.379 e. The largest absolute Gasteiger partial charge is 0.449 e. The van der Waals surface area contributed by atoms with Crippen molar-refractivity contribution >= 4 is 16.9 Å². The number of allylic oxidation sites excluding steroid dienone is 1. The van der Waals surface area contributed by atoms with Crippen molar-refractivity contribution in [2.45, 2.75) is 12.8 Å². The standard InChI is InChI=1S/C26H16F2N2O4/c1-13-19-10-16(28)5-8-21(19)33-24(13)26(31)32-17-6-7-18-22(11-17)34-25(30)20(12-29)23(18)14-3-2-4-15(27)9-14/h2-11,23H,30H2,1H3. The molecule has 1 aliphatic rings. The van der Waals surface area contributed by atoms with E-state index < -0.39 is 23.5 Å². The molecule has 0 spiro atoms. The van der Waals surface area contributed by atoms with Crippen LogP contribution in [0.3, 0.4) is 0 Å². The first-order chi connectivity index (χ1) is 16.4. The zero-order valence-electron chi connectivity index (χ0n) is 17.8. The SMILES string of the molecule is Cc1c(C(=O)Oc2ccc3c(c2)OC(N)=C(C#N)C3c2cccc(F)c2)oc2ccc(F)cc12. The van der Waals surface area contributed by atoms with Gasteiger partial charge in [0.1, 0.15) is 40.4 Å². The lowest BCUT2D eigenvalue weighted by Gasteiger charge is -2.26. The van der Waals surface area contributed by atoms with E-state index in [4.69, 9.17) is 19.6 Å². The van der Waals surface area contributed by atoms with Gasteiger partial charge in [0.2, 0.25) is 11.6 Å². The van der Waals surface area contributed by atoms with E-state index >= 15 is 0 Å². The summed E-state index contributed by atoms with van der Waals surface area (Å²) in [5.74, 6) is -2.09. The van der Waals surface area contributed by atoms with E-state index in [1.807, 2.05) is 6.07 Å². The lowest BCUT2D eigenvalue weighted by atomic mass is 9.83. The molecular formula is C26H16F2N2O4. The highest BCUT2D eigenvalue weighted by molar-refractivity contribution is 5.96. The molecule has 1 unspecified atom stereocenters. The van der Waals surface area contributed by atoms with Gasteiger partial charge in [0.05, 0.1) is 5.92 Å². The van der Waals surface area contributed by atoms with Crippen molar-refractivity contribution in [2.75, 3.05) is 0 Å². The summed E-state index contributed by atoms with van der Waals surface area (Å²) in [4.78, 5) is 12.8. The highest BCUT2D eigenvalue weighted by atomic mass is 19.1. The fourth-order valence-corrected chi connectivity index (χ4v) is 4.07. The van der Waals surface area contributed by atoms with Crippen LogP contribution >= 0.6 is 0 Å². The molecule has 0 bridgehead atoms. The lowest BCUT2D eigenvalue weighted by Crippen LogP contribution is -2.21. The van der Waals surface area contributed by atoms with Crippen LogP contribution in [0.25, 0.3) is 11.0 Å². The fraction of sp³-hybridized carbons (Fsp3) is 0.0769. The zero-order chi connectivity index (χ0) is 24.0. The van der Waals surface area contributed by atoms with Crippen molar-refractivity contribution < 1.29 is 27.5 Å². The highest BCUT2D eigenvalue weighted by Gasteiger charge is 2.31. The number of esters is 1. The number of nitriles is 1. The molecule has 4 aromatic rings. The monoisotopic (exact) mass is 458 g/mol. The normalized spacial score (nSPS) is 14.9. The van der Waals surface area contributed by atoms with Crippen LogP contribution in [0.5, 0.6) is 11.5 Å². The van der Waals surface area contributed by atoms with Crippen molar-refractivity contribution in [1.82, 2.24) is 0 Å². The number of nitrogens with two attached hydrogens (primary N) is 1. The van der Waals surface area contributed by atoms with Crippen molar-refractivity contribution in [3.63, 3.8) is 0 Å². The second kappa shape index (κ2) is 8.05. The molecule has 6 nitrogen and oxygen atoms in total. The Morgan fingerprint density at radius 2 is 1.88 bits per heavy atom. The van der Waals surface area contributed by atoms with Crippen molar-refractivity contribution in [1.29, 1.82) is 5.26 Å². The van der Waals surface area contributed by atoms with Crippen LogP contribution in [0.4, 0.5) is 8.78 Å². The van der Waals surface area contributed by atoms with E-state index in [0.717, 1.165) is 0 Å². The third kappa shape index (κ3) is 3.53. The number of rotatable bonds is 3. The minimum absolute atomic E-state index is 0.0527. The third-order valence-electron chi connectivity index (χ3n) is 5.67. The van der Waals surface area contributed by atoms with E-state index in [2.05, 4.69) is 0 Å². The van der Waals surface area contributed by atoms with Crippen LogP contribution in [-0.4, -0.2) is 5.97 Å². The number of carbonyl (C=O) groups is 1. The number of furan rings is 1. The lowest BCUT2D eigenvalue weighted by molar-refractivity contribution is 0.0702. The number of hydrogen-bond acceptors (Lipinski definition) is 6. The number of fused-ring (bicyclic) bond motifs is 2. The van der Waals surface area contributed by atoms with Crippen molar-refractivity contribution in [3.05, 3.63) is 106 Å². The van der Waals surface area contributed by atoms with Gasteiger partial charge in [-0.15, -0.1) is 0 Å². The van der Waals surface area contributed by atoms with Gasteiger partial charge >= 0.3 is 5.97 Å². The predicted molar refractivity (Wildman–Crippen MR) is 118 cm³/mol. The fourth-order valence-electron chi connectivity index (χ4n) is 4.07. The molecule has 0 aliphatic carbocycles. The predicted octanol–water partition coefficient (Wildman–Crippen LogP) is 5.46. The van der Waals surface area contributed by atoms with Gasteiger partial charge in [-0.25, -0.2) is 13.6 Å². The summed E-state index contributed by atoms with van der Waals surface area (Å²) in [6, 6.07) is 16.5. The Morgan fingerprint density at radius 1 is 1.09 bits per heavy atom. The molecule has 2 N–H and O–H groups in total. The number of carbonyl (C=O) groups excluding carboxylic acids is 1. The Morgan fingerprint density at radius 3 is 2.65 bits per heavy atom. The summed E-state index contributed by atoms with van der Waals surface area (Å²) in [5.41, 5.74) is 8.02.